The minimum atomic E-state index is -0.997. The van der Waals surface area contributed by atoms with Crippen LogP contribution in [0.25, 0.3) is 11.4 Å². The van der Waals surface area contributed by atoms with Gasteiger partial charge in [0.25, 0.3) is 5.91 Å². The molecular formula is C32H37N5O7. The van der Waals surface area contributed by atoms with Gasteiger partial charge in [-0.1, -0.05) is 60.7 Å². The van der Waals surface area contributed by atoms with Gasteiger partial charge >= 0.3 is 6.09 Å². The second-order valence-corrected chi connectivity index (χ2v) is 10.4. The van der Waals surface area contributed by atoms with E-state index in [2.05, 4.69) is 15.3 Å². The molecule has 2 saturated heterocycles. The van der Waals surface area contributed by atoms with Crippen molar-refractivity contribution in [3.05, 3.63) is 78.0 Å². The fraction of sp³-hybridized carbons (Fsp3) is 0.406. The number of aromatic nitrogens is 2. The lowest BCUT2D eigenvalue weighted by Crippen LogP contribution is -2.57. The molecule has 2 aliphatic heterocycles. The van der Waals surface area contributed by atoms with Gasteiger partial charge in [-0.3, -0.25) is 9.59 Å². The van der Waals surface area contributed by atoms with E-state index >= 15 is 0 Å². The van der Waals surface area contributed by atoms with E-state index in [9.17, 15) is 14.4 Å². The van der Waals surface area contributed by atoms with Crippen LogP contribution in [0.4, 0.5) is 4.79 Å². The zero-order valence-corrected chi connectivity index (χ0v) is 24.7. The lowest BCUT2D eigenvalue weighted by molar-refractivity contribution is -0.136. The van der Waals surface area contributed by atoms with Crippen molar-refractivity contribution in [1.82, 2.24) is 25.1 Å². The van der Waals surface area contributed by atoms with Crippen molar-refractivity contribution in [1.29, 1.82) is 0 Å². The van der Waals surface area contributed by atoms with E-state index in [1.807, 2.05) is 60.7 Å². The lowest BCUT2D eigenvalue weighted by atomic mass is 10.2. The zero-order chi connectivity index (χ0) is 30.7. The maximum atomic E-state index is 13.7. The molecule has 2 aromatic carbocycles. The number of benzene rings is 2. The summed E-state index contributed by atoms with van der Waals surface area (Å²) in [6.45, 7) is 4.52. The van der Waals surface area contributed by atoms with E-state index in [4.69, 9.17) is 18.9 Å². The number of piperazine rings is 1. The van der Waals surface area contributed by atoms with Gasteiger partial charge < -0.3 is 34.1 Å². The largest absolute Gasteiger partial charge is 0.472 e. The van der Waals surface area contributed by atoms with E-state index in [1.54, 1.807) is 16.7 Å². The van der Waals surface area contributed by atoms with Crippen molar-refractivity contribution in [2.24, 2.45) is 0 Å². The minimum Gasteiger partial charge on any atom is -0.472 e. The molecule has 3 aromatic rings. The Bertz CT molecular complexity index is 1390. The average Bonchev–Trinajstić information content (AvgIpc) is 3.58. The van der Waals surface area contributed by atoms with Gasteiger partial charge in [-0.15, -0.1) is 0 Å². The first-order chi connectivity index (χ1) is 21.5. The van der Waals surface area contributed by atoms with Crippen molar-refractivity contribution < 1.29 is 33.3 Å². The molecule has 0 bridgehead atoms. The molecule has 232 valence electrons. The molecule has 2 fully saturated rings. The summed E-state index contributed by atoms with van der Waals surface area (Å²) in [6, 6.07) is 19.3. The molecule has 3 amide bonds. The summed E-state index contributed by atoms with van der Waals surface area (Å²) >= 11 is 0. The van der Waals surface area contributed by atoms with Crippen LogP contribution in [0.5, 0.6) is 5.88 Å². The van der Waals surface area contributed by atoms with Crippen LogP contribution in [-0.4, -0.2) is 102 Å². The van der Waals surface area contributed by atoms with E-state index in [0.717, 1.165) is 5.56 Å². The van der Waals surface area contributed by atoms with E-state index in [-0.39, 0.29) is 43.4 Å². The number of rotatable bonds is 11. The van der Waals surface area contributed by atoms with Gasteiger partial charge in [0.05, 0.1) is 33.0 Å². The van der Waals surface area contributed by atoms with Gasteiger partial charge in [0.1, 0.15) is 17.8 Å². The highest BCUT2D eigenvalue weighted by atomic mass is 16.6. The topological polar surface area (TPSA) is 132 Å². The minimum absolute atomic E-state index is 0.0563. The number of nitrogens with one attached hydrogen (secondary N) is 1. The summed E-state index contributed by atoms with van der Waals surface area (Å²) in [6.07, 6.45) is 0.125. The van der Waals surface area contributed by atoms with Crippen LogP contribution in [0.3, 0.4) is 0 Å². The van der Waals surface area contributed by atoms with Crippen LogP contribution in [0, 0.1) is 0 Å². The molecular weight excluding hydrogens is 566 g/mol. The summed E-state index contributed by atoms with van der Waals surface area (Å²) < 4.78 is 22.5. The first-order valence-electron chi connectivity index (χ1n) is 14.8. The predicted octanol–water partition coefficient (Wildman–Crippen LogP) is 2.93. The van der Waals surface area contributed by atoms with Gasteiger partial charge in [0.2, 0.25) is 11.8 Å². The van der Waals surface area contributed by atoms with Crippen LogP contribution >= 0.6 is 0 Å². The maximum absolute atomic E-state index is 13.7. The second kappa shape index (κ2) is 15.3. The summed E-state index contributed by atoms with van der Waals surface area (Å²) in [5.74, 6) is -0.306. The number of carbonyl (C=O) groups is 3. The van der Waals surface area contributed by atoms with Gasteiger partial charge in [-0.2, -0.15) is 4.98 Å². The third kappa shape index (κ3) is 8.29. The number of hydrogen-bond donors (Lipinski definition) is 1. The molecule has 1 N–H and O–H groups in total. The summed E-state index contributed by atoms with van der Waals surface area (Å²) in [4.78, 5) is 51.8. The Morgan fingerprint density at radius 2 is 1.68 bits per heavy atom. The Hall–Kier alpha value is -4.55. The van der Waals surface area contributed by atoms with E-state index in [1.165, 1.54) is 6.07 Å². The summed E-state index contributed by atoms with van der Waals surface area (Å²) in [5, 5.41) is 2.84. The predicted molar refractivity (Wildman–Crippen MR) is 160 cm³/mol. The Labute approximate surface area is 256 Å². The van der Waals surface area contributed by atoms with Crippen molar-refractivity contribution in [3.63, 3.8) is 0 Å². The monoisotopic (exact) mass is 603 g/mol. The molecule has 5 rings (SSSR count). The first kappa shape index (κ1) is 30.9. The molecule has 12 heteroatoms. The van der Waals surface area contributed by atoms with Crippen molar-refractivity contribution in [2.45, 2.75) is 32.1 Å². The van der Waals surface area contributed by atoms with E-state index in [0.29, 0.717) is 57.2 Å². The molecule has 12 nitrogen and oxygen atoms in total. The standard InChI is InChI=1S/C32H37N5O7/c1-2-43-32(40)37-16-14-36(15-17-37)31(39)27(22-42-20-23-9-5-3-6-10-23)34-30(38)26-19-28(44-25-13-18-41-21-25)35-29(33-26)24-11-7-4-8-12-24/h3-12,19,25,27H,2,13-18,20-22H2,1H3,(H,34,38)/t25?,27-/m0/s1. The van der Waals surface area contributed by atoms with Crippen LogP contribution in [-0.2, 0) is 25.6 Å². The van der Waals surface area contributed by atoms with Crippen LogP contribution < -0.4 is 10.1 Å². The number of hydrogen-bond acceptors (Lipinski definition) is 9. The third-order valence-corrected chi connectivity index (χ3v) is 7.26. The Morgan fingerprint density at radius 3 is 2.36 bits per heavy atom. The Balaban J connectivity index is 1.33. The van der Waals surface area contributed by atoms with Crippen LogP contribution in [0.1, 0.15) is 29.4 Å². The van der Waals surface area contributed by atoms with Crippen LogP contribution in [0.2, 0.25) is 0 Å². The van der Waals surface area contributed by atoms with Crippen molar-refractivity contribution in [2.75, 3.05) is 52.6 Å². The number of amides is 3. The molecule has 0 spiro atoms. The smallest absolute Gasteiger partial charge is 0.409 e. The number of carbonyl (C=O) groups excluding carboxylic acids is 3. The summed E-state index contributed by atoms with van der Waals surface area (Å²) in [7, 11) is 0. The van der Waals surface area contributed by atoms with Gasteiger partial charge in [-0.05, 0) is 12.5 Å². The fourth-order valence-corrected chi connectivity index (χ4v) is 4.91. The summed E-state index contributed by atoms with van der Waals surface area (Å²) in [5.41, 5.74) is 1.71. The average molecular weight is 604 g/mol. The third-order valence-electron chi connectivity index (χ3n) is 7.26. The van der Waals surface area contributed by atoms with Crippen molar-refractivity contribution in [3.8, 4) is 17.3 Å². The highest BCUT2D eigenvalue weighted by Crippen LogP contribution is 2.22. The first-order valence-corrected chi connectivity index (χ1v) is 14.8. The normalized spacial score (nSPS) is 17.2. The second-order valence-electron chi connectivity index (χ2n) is 10.4. The Kier molecular flexibility index (Phi) is 10.7. The molecule has 1 aromatic heterocycles. The Morgan fingerprint density at radius 1 is 0.977 bits per heavy atom. The highest BCUT2D eigenvalue weighted by Gasteiger charge is 2.31. The molecule has 0 radical (unpaired) electrons. The number of nitrogens with zero attached hydrogens (tertiary/aromatic N) is 4. The van der Waals surface area contributed by atoms with Gasteiger partial charge in [0, 0.05) is 44.2 Å². The van der Waals surface area contributed by atoms with Gasteiger partial charge in [0.15, 0.2) is 5.82 Å². The maximum Gasteiger partial charge on any atom is 0.409 e. The number of ether oxygens (including phenoxy) is 4. The zero-order valence-electron chi connectivity index (χ0n) is 24.7. The quantitative estimate of drug-likeness (QED) is 0.351. The fourth-order valence-electron chi connectivity index (χ4n) is 4.91. The van der Waals surface area contributed by atoms with E-state index < -0.39 is 18.0 Å². The highest BCUT2D eigenvalue weighted by molar-refractivity contribution is 5.96. The molecule has 44 heavy (non-hydrogen) atoms. The van der Waals surface area contributed by atoms with Gasteiger partial charge in [-0.25, -0.2) is 9.78 Å². The molecule has 0 aliphatic carbocycles. The van der Waals surface area contributed by atoms with Crippen LogP contribution in [0.15, 0.2) is 66.7 Å². The molecule has 1 unspecified atom stereocenters. The lowest BCUT2D eigenvalue weighted by Gasteiger charge is -2.35. The molecule has 2 aliphatic rings. The van der Waals surface area contributed by atoms with Crippen molar-refractivity contribution >= 4 is 17.9 Å². The molecule has 0 saturated carbocycles. The SMILES string of the molecule is CCOC(=O)N1CCN(C(=O)[C@H](COCc2ccccc2)NC(=O)c2cc(OC3CCOC3)nc(-c3ccccc3)n2)CC1. The molecule has 2 atom stereocenters. The molecule has 3 heterocycles.